The first-order valence-electron chi connectivity index (χ1n) is 7.91. The highest BCUT2D eigenvalue weighted by molar-refractivity contribution is 5.99. The molecule has 0 saturated carbocycles. The summed E-state index contributed by atoms with van der Waals surface area (Å²) in [6.45, 7) is 9.13. The van der Waals surface area contributed by atoms with Crippen molar-refractivity contribution in [2.24, 2.45) is 0 Å². The van der Waals surface area contributed by atoms with Gasteiger partial charge < -0.3 is 15.0 Å². The molecule has 1 heterocycles. The molecule has 2 rings (SSSR count). The molecule has 1 aliphatic heterocycles. The molecule has 0 bridgehead atoms. The van der Waals surface area contributed by atoms with Crippen LogP contribution in [0.5, 0.6) is 0 Å². The van der Waals surface area contributed by atoms with Crippen LogP contribution in [0.3, 0.4) is 0 Å². The van der Waals surface area contributed by atoms with Gasteiger partial charge in [0.2, 0.25) is 0 Å². The molecular formula is C17H26N2O2. The Morgan fingerprint density at radius 3 is 2.86 bits per heavy atom. The third-order valence-electron chi connectivity index (χ3n) is 3.89. The Bertz CT molecular complexity index is 482. The van der Waals surface area contributed by atoms with Crippen molar-refractivity contribution in [1.82, 2.24) is 4.90 Å². The summed E-state index contributed by atoms with van der Waals surface area (Å²) >= 11 is 0. The number of anilines is 1. The van der Waals surface area contributed by atoms with Gasteiger partial charge in [0, 0.05) is 31.9 Å². The minimum atomic E-state index is 0.0870. The van der Waals surface area contributed by atoms with Crippen LogP contribution in [0.2, 0.25) is 0 Å². The lowest BCUT2D eigenvalue weighted by atomic mass is 10.1. The van der Waals surface area contributed by atoms with Crippen molar-refractivity contribution in [2.45, 2.75) is 39.7 Å². The molecular weight excluding hydrogens is 264 g/mol. The van der Waals surface area contributed by atoms with Crippen LogP contribution in [-0.4, -0.2) is 43.2 Å². The first-order chi connectivity index (χ1) is 10.2. The molecule has 1 unspecified atom stereocenters. The van der Waals surface area contributed by atoms with Gasteiger partial charge in [-0.3, -0.25) is 4.79 Å². The van der Waals surface area contributed by atoms with E-state index in [1.807, 2.05) is 43.9 Å². The van der Waals surface area contributed by atoms with E-state index in [1.54, 1.807) is 0 Å². The molecule has 1 saturated heterocycles. The number of hydrogen-bond acceptors (Lipinski definition) is 3. The van der Waals surface area contributed by atoms with Gasteiger partial charge in [0.05, 0.1) is 11.7 Å². The molecule has 1 aromatic rings. The van der Waals surface area contributed by atoms with E-state index in [-0.39, 0.29) is 12.0 Å². The molecule has 1 aromatic carbocycles. The number of hydrogen-bond donors (Lipinski definition) is 1. The highest BCUT2D eigenvalue weighted by Gasteiger charge is 2.23. The summed E-state index contributed by atoms with van der Waals surface area (Å²) in [4.78, 5) is 14.7. The second-order valence-electron chi connectivity index (χ2n) is 5.56. The molecule has 1 N–H and O–H groups in total. The number of rotatable bonds is 6. The lowest BCUT2D eigenvalue weighted by molar-refractivity contribution is 0.0540. The zero-order chi connectivity index (χ0) is 15.2. The summed E-state index contributed by atoms with van der Waals surface area (Å²) < 4.78 is 5.66. The number of carbonyl (C=O) groups excluding carboxylic acids is 1. The highest BCUT2D eigenvalue weighted by Crippen LogP contribution is 2.21. The number of benzene rings is 1. The predicted octanol–water partition coefficient (Wildman–Crippen LogP) is 3.07. The predicted molar refractivity (Wildman–Crippen MR) is 85.9 cm³/mol. The van der Waals surface area contributed by atoms with Crippen LogP contribution in [0.25, 0.3) is 0 Å². The molecule has 0 aliphatic carbocycles. The van der Waals surface area contributed by atoms with Crippen LogP contribution in [0.4, 0.5) is 5.69 Å². The Balaban J connectivity index is 2.16. The number of amides is 1. The molecule has 1 aliphatic rings. The van der Waals surface area contributed by atoms with Crippen LogP contribution < -0.4 is 5.32 Å². The molecule has 4 nitrogen and oxygen atoms in total. The molecule has 0 radical (unpaired) electrons. The summed E-state index contributed by atoms with van der Waals surface area (Å²) in [5, 5.41) is 3.29. The molecule has 4 heteroatoms. The van der Waals surface area contributed by atoms with Crippen molar-refractivity contribution in [3.63, 3.8) is 0 Å². The van der Waals surface area contributed by atoms with Crippen molar-refractivity contribution in [3.8, 4) is 0 Å². The first-order valence-corrected chi connectivity index (χ1v) is 7.91. The maximum Gasteiger partial charge on any atom is 0.256 e. The smallest absolute Gasteiger partial charge is 0.256 e. The lowest BCUT2D eigenvalue weighted by Gasteiger charge is -2.25. The van der Waals surface area contributed by atoms with Crippen LogP contribution in [-0.2, 0) is 4.74 Å². The molecule has 1 amide bonds. The van der Waals surface area contributed by atoms with Crippen molar-refractivity contribution in [3.05, 3.63) is 29.3 Å². The van der Waals surface area contributed by atoms with Crippen LogP contribution >= 0.6 is 0 Å². The second-order valence-corrected chi connectivity index (χ2v) is 5.56. The van der Waals surface area contributed by atoms with E-state index < -0.39 is 0 Å². The second kappa shape index (κ2) is 7.46. The minimum Gasteiger partial charge on any atom is -0.385 e. The third-order valence-corrected chi connectivity index (χ3v) is 3.89. The van der Waals surface area contributed by atoms with Crippen LogP contribution in [0.1, 0.15) is 42.6 Å². The van der Waals surface area contributed by atoms with Gasteiger partial charge in [-0.1, -0.05) is 6.07 Å². The van der Waals surface area contributed by atoms with Crippen molar-refractivity contribution in [2.75, 3.05) is 31.6 Å². The summed E-state index contributed by atoms with van der Waals surface area (Å²) in [5.41, 5.74) is 2.83. The molecule has 116 valence electrons. The minimum absolute atomic E-state index is 0.0870. The summed E-state index contributed by atoms with van der Waals surface area (Å²) in [7, 11) is 0. The quantitative estimate of drug-likeness (QED) is 0.875. The highest BCUT2D eigenvalue weighted by atomic mass is 16.5. The molecule has 21 heavy (non-hydrogen) atoms. The van der Waals surface area contributed by atoms with Gasteiger partial charge >= 0.3 is 0 Å². The van der Waals surface area contributed by atoms with E-state index in [4.69, 9.17) is 4.74 Å². The van der Waals surface area contributed by atoms with Gasteiger partial charge in [0.15, 0.2) is 0 Å². The summed E-state index contributed by atoms with van der Waals surface area (Å²) in [6, 6.07) is 5.96. The Labute approximate surface area is 127 Å². The van der Waals surface area contributed by atoms with Gasteiger partial charge in [0.1, 0.15) is 0 Å². The number of likely N-dealkylation sites (N-methyl/N-ethyl adjacent to an activating group) is 1. The van der Waals surface area contributed by atoms with Crippen molar-refractivity contribution < 1.29 is 9.53 Å². The van der Waals surface area contributed by atoms with Gasteiger partial charge in [0.25, 0.3) is 5.91 Å². The Morgan fingerprint density at radius 1 is 1.43 bits per heavy atom. The fourth-order valence-corrected chi connectivity index (χ4v) is 2.74. The van der Waals surface area contributed by atoms with E-state index in [0.717, 1.165) is 42.8 Å². The van der Waals surface area contributed by atoms with Crippen molar-refractivity contribution >= 4 is 11.6 Å². The number of aryl methyl sites for hydroxylation is 1. The normalized spacial score (nSPS) is 17.8. The van der Waals surface area contributed by atoms with E-state index in [2.05, 4.69) is 5.32 Å². The van der Waals surface area contributed by atoms with Gasteiger partial charge in [-0.05, 0) is 51.3 Å². The van der Waals surface area contributed by atoms with E-state index in [1.165, 1.54) is 0 Å². The fourth-order valence-electron chi connectivity index (χ4n) is 2.74. The largest absolute Gasteiger partial charge is 0.385 e. The maximum atomic E-state index is 12.8. The average molecular weight is 290 g/mol. The number of nitrogens with one attached hydrogen (secondary N) is 1. The van der Waals surface area contributed by atoms with E-state index in [0.29, 0.717) is 13.1 Å². The third kappa shape index (κ3) is 3.97. The first kappa shape index (κ1) is 15.8. The molecule has 1 atom stereocenters. The van der Waals surface area contributed by atoms with Gasteiger partial charge in [-0.2, -0.15) is 0 Å². The molecule has 1 fully saturated rings. The monoisotopic (exact) mass is 290 g/mol. The zero-order valence-corrected chi connectivity index (χ0v) is 13.3. The van der Waals surface area contributed by atoms with E-state index in [9.17, 15) is 4.79 Å². The van der Waals surface area contributed by atoms with Crippen LogP contribution in [0, 0.1) is 6.92 Å². The Kier molecular flexibility index (Phi) is 5.62. The zero-order valence-electron chi connectivity index (χ0n) is 13.3. The summed E-state index contributed by atoms with van der Waals surface area (Å²) in [6.07, 6.45) is 2.35. The fraction of sp³-hybridized carbons (Fsp3) is 0.588. The van der Waals surface area contributed by atoms with Crippen LogP contribution in [0.15, 0.2) is 18.2 Å². The Morgan fingerprint density at radius 2 is 2.24 bits per heavy atom. The standard InChI is InChI=1S/C17H26N2O2/c1-4-18-16-11-13(3)8-9-15(16)17(20)19(5-2)12-14-7-6-10-21-14/h8-9,11,14,18H,4-7,10,12H2,1-3H3. The number of ether oxygens (including phenoxy) is 1. The number of carbonyl (C=O) groups is 1. The topological polar surface area (TPSA) is 41.6 Å². The van der Waals surface area contributed by atoms with E-state index >= 15 is 0 Å². The summed E-state index contributed by atoms with van der Waals surface area (Å²) in [5.74, 6) is 0.0870. The maximum absolute atomic E-state index is 12.8. The molecule has 0 spiro atoms. The van der Waals surface area contributed by atoms with Crippen molar-refractivity contribution in [1.29, 1.82) is 0 Å². The van der Waals surface area contributed by atoms with Gasteiger partial charge in [-0.25, -0.2) is 0 Å². The SMILES string of the molecule is CCNc1cc(C)ccc1C(=O)N(CC)CC1CCCO1. The average Bonchev–Trinajstić information content (AvgIpc) is 2.97. The lowest BCUT2D eigenvalue weighted by Crippen LogP contribution is -2.37. The molecule has 0 aromatic heterocycles. The Hall–Kier alpha value is -1.55. The number of nitrogens with zero attached hydrogens (tertiary/aromatic N) is 1. The van der Waals surface area contributed by atoms with Gasteiger partial charge in [-0.15, -0.1) is 0 Å².